The maximum atomic E-state index is 14.1. The lowest BCUT2D eigenvalue weighted by Crippen LogP contribution is -2.60. The summed E-state index contributed by atoms with van der Waals surface area (Å²) in [4.78, 5) is 60.1. The number of carbonyl (C=O) groups excluding carboxylic acids is 4. The van der Waals surface area contributed by atoms with E-state index in [2.05, 4.69) is 29.4 Å². The zero-order chi connectivity index (χ0) is 34.2. The van der Waals surface area contributed by atoms with E-state index < -0.39 is 23.5 Å². The zero-order valence-corrected chi connectivity index (χ0v) is 30.0. The van der Waals surface area contributed by atoms with E-state index in [0.29, 0.717) is 30.9 Å². The second kappa shape index (κ2) is 16.9. The quantitative estimate of drug-likeness (QED) is 0.266. The highest BCUT2D eigenvalue weighted by Gasteiger charge is 2.40. The van der Waals surface area contributed by atoms with Crippen molar-refractivity contribution in [2.45, 2.75) is 144 Å². The number of likely N-dealkylation sites (tertiary alicyclic amines) is 2. The van der Waals surface area contributed by atoms with Crippen LogP contribution in [0.1, 0.15) is 108 Å². The third-order valence-corrected chi connectivity index (χ3v) is 9.28. The van der Waals surface area contributed by atoms with E-state index in [9.17, 15) is 24.3 Å². The summed E-state index contributed by atoms with van der Waals surface area (Å²) < 4.78 is 0. The number of rotatable bonds is 13. The van der Waals surface area contributed by atoms with E-state index >= 15 is 0 Å². The predicted octanol–water partition coefficient (Wildman–Crippen LogP) is 3.72. The molecule has 2 aliphatic heterocycles. The molecular formula is C35H63N5O5. The van der Waals surface area contributed by atoms with E-state index in [0.717, 1.165) is 32.2 Å². The topological polar surface area (TPSA) is 122 Å². The van der Waals surface area contributed by atoms with Crippen LogP contribution in [0.2, 0.25) is 0 Å². The first kappa shape index (κ1) is 38.7. The number of aliphatic hydroxyl groups is 1. The van der Waals surface area contributed by atoms with E-state index in [1.165, 1.54) is 0 Å². The van der Waals surface area contributed by atoms with Crippen LogP contribution in [0.5, 0.6) is 0 Å². The van der Waals surface area contributed by atoms with Gasteiger partial charge < -0.3 is 25.5 Å². The Hall–Kier alpha value is -2.46. The lowest BCUT2D eigenvalue weighted by Gasteiger charge is -2.41. The minimum atomic E-state index is -0.742. The van der Waals surface area contributed by atoms with Gasteiger partial charge in [0, 0.05) is 25.2 Å². The second-order valence-corrected chi connectivity index (χ2v) is 15.4. The zero-order valence-electron chi connectivity index (χ0n) is 30.0. The number of likely N-dealkylation sites (N-methyl/N-ethyl adjacent to an activating group) is 1. The average Bonchev–Trinajstić information content (AvgIpc) is 3.46. The summed E-state index contributed by atoms with van der Waals surface area (Å²) in [6.07, 6.45) is 6.61. The van der Waals surface area contributed by atoms with E-state index in [-0.39, 0.29) is 54.3 Å². The van der Waals surface area contributed by atoms with Crippen molar-refractivity contribution in [2.24, 2.45) is 17.3 Å². The molecule has 10 heteroatoms. The summed E-state index contributed by atoms with van der Waals surface area (Å²) in [5, 5.41) is 15.8. The van der Waals surface area contributed by atoms with Gasteiger partial charge in [-0.25, -0.2) is 0 Å². The predicted molar refractivity (Wildman–Crippen MR) is 179 cm³/mol. The molecule has 0 aliphatic carbocycles. The molecule has 3 N–H and O–H groups in total. The van der Waals surface area contributed by atoms with Crippen LogP contribution in [0.3, 0.4) is 0 Å². The lowest BCUT2D eigenvalue weighted by atomic mass is 9.84. The number of amides is 4. The van der Waals surface area contributed by atoms with Crippen molar-refractivity contribution in [3.8, 4) is 0 Å². The van der Waals surface area contributed by atoms with Crippen LogP contribution in [0.25, 0.3) is 0 Å². The van der Waals surface area contributed by atoms with Crippen molar-refractivity contribution in [1.82, 2.24) is 25.3 Å². The average molecular weight is 634 g/mol. The van der Waals surface area contributed by atoms with Gasteiger partial charge >= 0.3 is 0 Å². The first-order chi connectivity index (χ1) is 20.9. The largest absolute Gasteiger partial charge is 0.394 e. The third-order valence-electron chi connectivity index (χ3n) is 9.28. The van der Waals surface area contributed by atoms with Crippen molar-refractivity contribution < 1.29 is 24.3 Å². The Morgan fingerprint density at radius 1 is 0.911 bits per heavy atom. The van der Waals surface area contributed by atoms with Crippen molar-refractivity contribution in [2.75, 3.05) is 26.7 Å². The van der Waals surface area contributed by atoms with Crippen LogP contribution in [-0.2, 0) is 19.2 Å². The number of nitrogens with one attached hydrogen (secondary N) is 2. The van der Waals surface area contributed by atoms with Gasteiger partial charge in [-0.1, -0.05) is 61.0 Å². The highest BCUT2D eigenvalue weighted by molar-refractivity contribution is 5.97. The van der Waals surface area contributed by atoms with Gasteiger partial charge in [0.25, 0.3) is 0 Å². The Balaban J connectivity index is 2.25. The van der Waals surface area contributed by atoms with Gasteiger partial charge in [0.05, 0.1) is 24.7 Å². The third kappa shape index (κ3) is 10.5. The molecule has 10 nitrogen and oxygen atoms in total. The first-order valence-electron chi connectivity index (χ1n) is 17.1. The normalized spacial score (nSPS) is 22.0. The first-order valence-corrected chi connectivity index (χ1v) is 17.1. The molecule has 0 saturated carbocycles. The Morgan fingerprint density at radius 3 is 2.04 bits per heavy atom. The molecule has 45 heavy (non-hydrogen) atoms. The standard InChI is InChI=1S/C35H63N5O5/c1-22(2)19-26(21-41)36-31(42)28-16-14-18-40(28)33(44)25(7)20-29(23(3)4)38(11)34(45)30(35(8,9)10)37-32(43)27-15-12-13-17-39(27)24(5)6/h20,22-24,26-30,41H,12-19,21H2,1-11H3,(H,36,42)(H,37,43)/b25-20+/t26-,27+,28-,29+,30+/m0/s1. The number of nitrogens with zero attached hydrogens (tertiary/aromatic N) is 3. The van der Waals surface area contributed by atoms with E-state index in [1.54, 1.807) is 23.8 Å². The summed E-state index contributed by atoms with van der Waals surface area (Å²) >= 11 is 0. The van der Waals surface area contributed by atoms with E-state index in [1.807, 2.05) is 54.5 Å². The van der Waals surface area contributed by atoms with Crippen LogP contribution in [0.15, 0.2) is 11.6 Å². The van der Waals surface area contributed by atoms with Gasteiger partial charge in [-0.2, -0.15) is 0 Å². The molecule has 2 fully saturated rings. The van der Waals surface area contributed by atoms with Crippen molar-refractivity contribution in [3.05, 3.63) is 11.6 Å². The molecule has 0 unspecified atom stereocenters. The molecule has 2 rings (SSSR count). The Bertz CT molecular complexity index is 1050. The molecule has 0 spiro atoms. The van der Waals surface area contributed by atoms with Gasteiger partial charge in [0.15, 0.2) is 0 Å². The van der Waals surface area contributed by atoms with Crippen molar-refractivity contribution >= 4 is 23.6 Å². The second-order valence-electron chi connectivity index (χ2n) is 15.4. The molecule has 2 heterocycles. The van der Waals surface area contributed by atoms with E-state index in [4.69, 9.17) is 0 Å². The van der Waals surface area contributed by atoms with Gasteiger partial charge in [-0.3, -0.25) is 24.1 Å². The van der Waals surface area contributed by atoms with Crippen molar-refractivity contribution in [1.29, 1.82) is 0 Å². The fourth-order valence-electron chi connectivity index (χ4n) is 6.72. The molecule has 0 radical (unpaired) electrons. The van der Waals surface area contributed by atoms with Crippen LogP contribution in [0, 0.1) is 17.3 Å². The number of hydrogen-bond donors (Lipinski definition) is 3. The monoisotopic (exact) mass is 633 g/mol. The molecule has 0 aromatic heterocycles. The highest BCUT2D eigenvalue weighted by atomic mass is 16.3. The number of piperidine rings is 1. The highest BCUT2D eigenvalue weighted by Crippen LogP contribution is 2.27. The fourth-order valence-corrected chi connectivity index (χ4v) is 6.72. The number of hydrogen-bond acceptors (Lipinski definition) is 6. The Kier molecular flexibility index (Phi) is 14.6. The number of aliphatic hydroxyl groups excluding tert-OH is 1. The molecular weight excluding hydrogens is 570 g/mol. The minimum absolute atomic E-state index is 0.00758. The molecule has 0 aromatic rings. The van der Waals surface area contributed by atoms with Crippen LogP contribution in [0.4, 0.5) is 0 Å². The molecule has 258 valence electrons. The minimum Gasteiger partial charge on any atom is -0.394 e. The van der Waals surface area contributed by atoms with Gasteiger partial charge in [0.2, 0.25) is 23.6 Å². The Morgan fingerprint density at radius 2 is 1.51 bits per heavy atom. The van der Waals surface area contributed by atoms with Gasteiger partial charge in [-0.05, 0) is 76.7 Å². The molecule has 5 atom stereocenters. The molecule has 0 aromatic carbocycles. The molecule has 2 aliphatic rings. The van der Waals surface area contributed by atoms with Crippen LogP contribution in [-0.4, -0.2) is 106 Å². The molecule has 4 amide bonds. The Labute approximate surface area is 272 Å². The summed E-state index contributed by atoms with van der Waals surface area (Å²) in [7, 11) is 1.74. The number of carbonyl (C=O) groups is 4. The molecule has 0 bridgehead atoms. The SMILES string of the molecule is C/C(=C\[C@H](C(C)C)N(C)C(=O)[C@@H](NC(=O)[C@H]1CCCCN1C(C)C)C(C)(C)C)C(=O)N1CCC[C@H]1C(=O)N[C@H](CO)CC(C)C. The maximum Gasteiger partial charge on any atom is 0.249 e. The maximum absolute atomic E-state index is 14.1. The summed E-state index contributed by atoms with van der Waals surface area (Å²) in [5.74, 6) is -0.462. The fraction of sp³-hybridized carbons (Fsp3) is 0.829. The summed E-state index contributed by atoms with van der Waals surface area (Å²) in [6, 6.07) is -2.10. The summed E-state index contributed by atoms with van der Waals surface area (Å²) in [6.45, 7) is 21.1. The van der Waals surface area contributed by atoms with Crippen LogP contribution < -0.4 is 10.6 Å². The lowest BCUT2D eigenvalue weighted by molar-refractivity contribution is -0.142. The molecule has 2 saturated heterocycles. The summed E-state index contributed by atoms with van der Waals surface area (Å²) in [5.41, 5.74) is -0.0629. The van der Waals surface area contributed by atoms with Crippen molar-refractivity contribution in [3.63, 3.8) is 0 Å². The van der Waals surface area contributed by atoms with Gasteiger partial charge in [-0.15, -0.1) is 0 Å². The van der Waals surface area contributed by atoms with Crippen LogP contribution >= 0.6 is 0 Å². The smallest absolute Gasteiger partial charge is 0.249 e. The van der Waals surface area contributed by atoms with Gasteiger partial charge in [0.1, 0.15) is 12.1 Å².